The molecular weight excluding hydrogens is 358 g/mol. The molecule has 2 N–H and O–H groups in total. The van der Waals surface area contributed by atoms with Crippen molar-refractivity contribution in [2.24, 2.45) is 0 Å². The van der Waals surface area contributed by atoms with Crippen molar-refractivity contribution in [1.82, 2.24) is 30.5 Å². The summed E-state index contributed by atoms with van der Waals surface area (Å²) < 4.78 is 1.26. The number of likely N-dealkylation sites (tertiary alicyclic amines) is 1. The molecule has 0 aliphatic carbocycles. The number of likely N-dealkylation sites (N-methyl/N-ethyl adjacent to an activating group) is 1. The number of nitrogens with one attached hydrogen (secondary N) is 2. The first-order chi connectivity index (χ1) is 13.3. The Morgan fingerprint density at radius 2 is 2.22 bits per heavy atom. The van der Waals surface area contributed by atoms with Gasteiger partial charge in [0.05, 0.1) is 5.52 Å². The Morgan fingerprint density at radius 1 is 1.26 bits per heavy atom. The van der Waals surface area contributed by atoms with Crippen LogP contribution < -0.4 is 5.32 Å². The number of rotatable bonds is 4. The Hall–Kier alpha value is -2.58. The van der Waals surface area contributed by atoms with Gasteiger partial charge in [-0.3, -0.25) is 0 Å². The minimum absolute atomic E-state index is 0.565. The van der Waals surface area contributed by atoms with Crippen molar-refractivity contribution in [3.8, 4) is 11.4 Å². The summed E-state index contributed by atoms with van der Waals surface area (Å²) in [5.41, 5.74) is 1.87. The zero-order valence-corrected chi connectivity index (χ0v) is 16.0. The molecule has 4 heterocycles. The molecule has 0 bridgehead atoms. The lowest BCUT2D eigenvalue weighted by atomic mass is 10.0. The molecule has 7 nitrogen and oxygen atoms in total. The minimum Gasteiger partial charge on any atom is -0.368 e. The molecule has 8 heteroatoms. The van der Waals surface area contributed by atoms with Crippen molar-refractivity contribution in [3.63, 3.8) is 0 Å². The van der Waals surface area contributed by atoms with Crippen LogP contribution in [0, 0.1) is 0 Å². The van der Waals surface area contributed by atoms with Gasteiger partial charge in [0.2, 0.25) is 5.82 Å². The van der Waals surface area contributed by atoms with Crippen LogP contribution in [0.15, 0.2) is 29.6 Å². The van der Waals surface area contributed by atoms with E-state index >= 15 is 0 Å². The summed E-state index contributed by atoms with van der Waals surface area (Å²) in [7, 11) is 2.22. The third kappa shape index (κ3) is 3.04. The molecule has 1 unspecified atom stereocenters. The fourth-order valence-corrected chi connectivity index (χ4v) is 4.81. The average Bonchev–Trinajstić information content (AvgIpc) is 3.39. The van der Waals surface area contributed by atoms with E-state index in [2.05, 4.69) is 55.4 Å². The van der Waals surface area contributed by atoms with Crippen molar-refractivity contribution in [2.45, 2.75) is 25.3 Å². The number of nitrogens with zero attached hydrogens (tertiary/aromatic N) is 5. The number of benzene rings is 1. The number of piperidine rings is 1. The molecule has 1 fully saturated rings. The largest absolute Gasteiger partial charge is 0.368 e. The topological polar surface area (TPSA) is 82.6 Å². The van der Waals surface area contributed by atoms with Crippen LogP contribution in [0.5, 0.6) is 0 Å². The third-order valence-corrected chi connectivity index (χ3v) is 6.37. The second-order valence-corrected chi connectivity index (χ2v) is 8.02. The van der Waals surface area contributed by atoms with E-state index in [1.165, 1.54) is 35.9 Å². The molecule has 5 rings (SSSR count). The molecule has 0 radical (unpaired) electrons. The Balaban J connectivity index is 1.53. The van der Waals surface area contributed by atoms with E-state index in [4.69, 9.17) is 4.98 Å². The predicted octanol–water partition coefficient (Wildman–Crippen LogP) is 3.53. The summed E-state index contributed by atoms with van der Waals surface area (Å²) in [4.78, 5) is 7.40. The maximum absolute atomic E-state index is 4.95. The van der Waals surface area contributed by atoms with Crippen LogP contribution in [-0.4, -0.2) is 56.7 Å². The summed E-state index contributed by atoms with van der Waals surface area (Å²) in [5.74, 6) is 1.55. The lowest BCUT2D eigenvalue weighted by Gasteiger charge is -2.32. The Morgan fingerprint density at radius 3 is 3.07 bits per heavy atom. The second-order valence-electron chi connectivity index (χ2n) is 7.10. The number of aromatic nitrogens is 5. The SMILES string of the molecule is CN1CCCCC1CNc1nc2cc(-c3nn[nH]n3)ccc2c2sccc12. The number of aromatic amines is 1. The molecule has 1 saturated heterocycles. The van der Waals surface area contributed by atoms with Gasteiger partial charge in [0, 0.05) is 33.6 Å². The van der Waals surface area contributed by atoms with Crippen molar-refractivity contribution in [2.75, 3.05) is 25.5 Å². The zero-order valence-electron chi connectivity index (χ0n) is 15.1. The van der Waals surface area contributed by atoms with Crippen LogP contribution in [0.25, 0.3) is 32.4 Å². The van der Waals surface area contributed by atoms with Crippen LogP contribution in [-0.2, 0) is 0 Å². The highest BCUT2D eigenvalue weighted by molar-refractivity contribution is 7.18. The monoisotopic (exact) mass is 379 g/mol. The first kappa shape index (κ1) is 16.6. The summed E-state index contributed by atoms with van der Waals surface area (Å²) in [6.45, 7) is 2.10. The van der Waals surface area contributed by atoms with Gasteiger partial charge in [0.1, 0.15) is 5.82 Å². The third-order valence-electron chi connectivity index (χ3n) is 5.43. The summed E-state index contributed by atoms with van der Waals surface area (Å²) >= 11 is 1.76. The minimum atomic E-state index is 0.565. The van der Waals surface area contributed by atoms with Gasteiger partial charge in [-0.2, -0.15) is 5.21 Å². The van der Waals surface area contributed by atoms with Gasteiger partial charge in [-0.15, -0.1) is 21.5 Å². The maximum Gasteiger partial charge on any atom is 0.204 e. The van der Waals surface area contributed by atoms with Gasteiger partial charge in [-0.1, -0.05) is 18.6 Å². The van der Waals surface area contributed by atoms with E-state index in [0.29, 0.717) is 11.9 Å². The molecule has 1 aliphatic rings. The van der Waals surface area contributed by atoms with Crippen LogP contribution in [0.1, 0.15) is 19.3 Å². The average molecular weight is 379 g/mol. The lowest BCUT2D eigenvalue weighted by molar-refractivity contribution is 0.194. The van der Waals surface area contributed by atoms with Crippen LogP contribution >= 0.6 is 11.3 Å². The highest BCUT2D eigenvalue weighted by atomic mass is 32.1. The molecule has 1 aliphatic heterocycles. The fraction of sp³-hybridized carbons (Fsp3) is 0.368. The number of fused-ring (bicyclic) bond motifs is 3. The molecule has 0 amide bonds. The van der Waals surface area contributed by atoms with Gasteiger partial charge in [-0.25, -0.2) is 4.98 Å². The number of hydrogen-bond donors (Lipinski definition) is 2. The highest BCUT2D eigenvalue weighted by Crippen LogP contribution is 2.35. The lowest BCUT2D eigenvalue weighted by Crippen LogP contribution is -2.40. The molecule has 3 aromatic heterocycles. The van der Waals surface area contributed by atoms with Crippen molar-refractivity contribution < 1.29 is 0 Å². The van der Waals surface area contributed by atoms with E-state index in [-0.39, 0.29) is 0 Å². The summed E-state index contributed by atoms with van der Waals surface area (Å²) in [5, 5.41) is 22.4. The Labute approximate surface area is 160 Å². The standard InChI is InChI=1S/C19H21N7S/c1-26-8-3-2-4-13(26)11-20-19-15-7-9-27-17(15)14-6-5-12(10-16(14)21-19)18-22-24-25-23-18/h5-7,9-10,13H,2-4,8,11H2,1H3,(H,20,21)(H,22,23,24,25). The molecule has 27 heavy (non-hydrogen) atoms. The number of pyridine rings is 1. The molecule has 0 spiro atoms. The summed E-state index contributed by atoms with van der Waals surface area (Å²) in [6.07, 6.45) is 3.85. The molecule has 138 valence electrons. The Bertz CT molecular complexity index is 1070. The molecular formula is C19H21N7S. The van der Waals surface area contributed by atoms with E-state index in [1.807, 2.05) is 12.1 Å². The van der Waals surface area contributed by atoms with Gasteiger partial charge in [-0.05, 0) is 49.2 Å². The van der Waals surface area contributed by atoms with Crippen molar-refractivity contribution in [1.29, 1.82) is 0 Å². The van der Waals surface area contributed by atoms with E-state index in [1.54, 1.807) is 11.3 Å². The smallest absolute Gasteiger partial charge is 0.204 e. The highest BCUT2D eigenvalue weighted by Gasteiger charge is 2.19. The van der Waals surface area contributed by atoms with Gasteiger partial charge in [0.15, 0.2) is 0 Å². The van der Waals surface area contributed by atoms with Gasteiger partial charge >= 0.3 is 0 Å². The molecule has 4 aromatic rings. The number of tetrazole rings is 1. The molecule has 1 atom stereocenters. The maximum atomic E-state index is 4.95. The number of thiophene rings is 1. The quantitative estimate of drug-likeness (QED) is 0.564. The van der Waals surface area contributed by atoms with E-state index in [0.717, 1.165) is 28.8 Å². The van der Waals surface area contributed by atoms with Crippen molar-refractivity contribution >= 4 is 38.1 Å². The Kier molecular flexibility index (Phi) is 4.21. The van der Waals surface area contributed by atoms with Gasteiger partial charge < -0.3 is 10.2 Å². The second kappa shape index (κ2) is 6.86. The predicted molar refractivity (Wildman–Crippen MR) is 109 cm³/mol. The van der Waals surface area contributed by atoms with Crippen LogP contribution in [0.3, 0.4) is 0 Å². The number of H-pyrrole nitrogens is 1. The van der Waals surface area contributed by atoms with Crippen LogP contribution in [0.4, 0.5) is 5.82 Å². The van der Waals surface area contributed by atoms with Crippen molar-refractivity contribution in [3.05, 3.63) is 29.6 Å². The molecule has 1 aromatic carbocycles. The number of hydrogen-bond acceptors (Lipinski definition) is 7. The first-order valence-corrected chi connectivity index (χ1v) is 10.2. The van der Waals surface area contributed by atoms with Gasteiger partial charge in [0.25, 0.3) is 0 Å². The zero-order chi connectivity index (χ0) is 18.2. The summed E-state index contributed by atoms with van der Waals surface area (Å²) in [6, 6.07) is 8.89. The number of anilines is 1. The van der Waals surface area contributed by atoms with E-state index in [9.17, 15) is 0 Å². The fourth-order valence-electron chi connectivity index (χ4n) is 3.88. The van der Waals surface area contributed by atoms with Crippen LogP contribution in [0.2, 0.25) is 0 Å². The molecule has 0 saturated carbocycles. The van der Waals surface area contributed by atoms with E-state index < -0.39 is 0 Å². The normalized spacial score (nSPS) is 18.3. The first-order valence-electron chi connectivity index (χ1n) is 9.28.